The van der Waals surface area contributed by atoms with Crippen LogP contribution in [0.15, 0.2) is 30.5 Å². The van der Waals surface area contributed by atoms with Crippen LogP contribution in [0, 0.1) is 0 Å². The average molecular weight is 228 g/mol. The van der Waals surface area contributed by atoms with Gasteiger partial charge >= 0.3 is 0 Å². The molecule has 3 heteroatoms. The summed E-state index contributed by atoms with van der Waals surface area (Å²) in [6.45, 7) is 3.00. The van der Waals surface area contributed by atoms with Crippen LogP contribution in [-0.2, 0) is 4.79 Å². The number of benzene rings is 1. The summed E-state index contributed by atoms with van der Waals surface area (Å²) in [6, 6.07) is 8.41. The number of hydrogen-bond acceptors (Lipinski definition) is 1. The smallest absolute Gasteiger partial charge is 0.223 e. The van der Waals surface area contributed by atoms with Crippen molar-refractivity contribution in [2.24, 2.45) is 0 Å². The fourth-order valence-electron chi connectivity index (χ4n) is 2.69. The molecule has 0 radical (unpaired) electrons. The van der Waals surface area contributed by atoms with Gasteiger partial charge in [0.25, 0.3) is 0 Å². The third-order valence-corrected chi connectivity index (χ3v) is 3.65. The van der Waals surface area contributed by atoms with Crippen LogP contribution in [0.3, 0.4) is 0 Å². The molecule has 88 valence electrons. The first kappa shape index (κ1) is 10.4. The molecule has 1 aliphatic rings. The number of nitrogens with zero attached hydrogens (tertiary/aromatic N) is 1. The summed E-state index contributed by atoms with van der Waals surface area (Å²) in [6.07, 6.45) is 3.72. The van der Waals surface area contributed by atoms with Crippen molar-refractivity contribution in [3.05, 3.63) is 36.0 Å². The minimum absolute atomic E-state index is 0.168. The predicted octanol–water partition coefficient (Wildman–Crippen LogP) is 2.85. The average Bonchev–Trinajstić information content (AvgIpc) is 2.94. The number of carbonyl (C=O) groups excluding carboxylic acids is 1. The Morgan fingerprint density at radius 3 is 2.94 bits per heavy atom. The second-order valence-corrected chi connectivity index (χ2v) is 4.66. The fourth-order valence-corrected chi connectivity index (χ4v) is 2.69. The molecular weight excluding hydrogens is 212 g/mol. The Hall–Kier alpha value is -1.77. The summed E-state index contributed by atoms with van der Waals surface area (Å²) in [5, 5.41) is 1.22. The number of amides is 1. The second kappa shape index (κ2) is 3.91. The molecule has 3 nitrogen and oxygen atoms in total. The number of H-pyrrole nitrogens is 1. The molecule has 1 N–H and O–H groups in total. The minimum Gasteiger partial charge on any atom is -0.361 e. The third kappa shape index (κ3) is 1.62. The first-order chi connectivity index (χ1) is 8.27. The highest BCUT2D eigenvalue weighted by Gasteiger charge is 2.27. The Balaban J connectivity index is 2.00. The molecule has 1 saturated heterocycles. The van der Waals surface area contributed by atoms with Crippen molar-refractivity contribution in [2.45, 2.75) is 25.8 Å². The molecule has 2 aromatic rings. The number of nitrogens with one attached hydrogen (secondary N) is 1. The van der Waals surface area contributed by atoms with Gasteiger partial charge in [-0.15, -0.1) is 0 Å². The summed E-state index contributed by atoms with van der Waals surface area (Å²) in [7, 11) is 0. The molecule has 1 atom stereocenters. The van der Waals surface area contributed by atoms with Gasteiger partial charge < -0.3 is 9.88 Å². The summed E-state index contributed by atoms with van der Waals surface area (Å²) >= 11 is 0. The van der Waals surface area contributed by atoms with Gasteiger partial charge in [0.2, 0.25) is 5.91 Å². The van der Waals surface area contributed by atoms with Crippen LogP contribution in [0.2, 0.25) is 0 Å². The van der Waals surface area contributed by atoms with E-state index in [9.17, 15) is 4.79 Å². The van der Waals surface area contributed by atoms with Gasteiger partial charge in [0.1, 0.15) is 0 Å². The van der Waals surface area contributed by atoms with E-state index in [0.717, 1.165) is 18.5 Å². The molecule has 0 bridgehead atoms. The summed E-state index contributed by atoms with van der Waals surface area (Å²) in [4.78, 5) is 17.0. The number of likely N-dealkylation sites (tertiary alicyclic amines) is 1. The lowest BCUT2D eigenvalue weighted by atomic mass is 10.1. The van der Waals surface area contributed by atoms with Crippen LogP contribution in [-0.4, -0.2) is 22.3 Å². The molecule has 1 fully saturated rings. The molecule has 3 rings (SSSR count). The Morgan fingerprint density at radius 2 is 2.18 bits per heavy atom. The molecule has 17 heavy (non-hydrogen) atoms. The van der Waals surface area contributed by atoms with Crippen LogP contribution < -0.4 is 0 Å². The van der Waals surface area contributed by atoms with Gasteiger partial charge in [-0.25, -0.2) is 0 Å². The summed E-state index contributed by atoms with van der Waals surface area (Å²) in [5.41, 5.74) is 2.36. The van der Waals surface area contributed by atoms with Crippen LogP contribution in [0.4, 0.5) is 0 Å². The lowest BCUT2D eigenvalue weighted by molar-refractivity contribution is -0.129. The van der Waals surface area contributed by atoms with Gasteiger partial charge in [-0.2, -0.15) is 0 Å². The molecule has 1 aromatic heterocycles. The van der Waals surface area contributed by atoms with E-state index in [0.29, 0.717) is 6.42 Å². The lowest BCUT2D eigenvalue weighted by Gasteiger charge is -2.23. The van der Waals surface area contributed by atoms with Gasteiger partial charge in [-0.3, -0.25) is 4.79 Å². The maximum atomic E-state index is 11.8. The number of para-hydroxylation sites is 1. The topological polar surface area (TPSA) is 36.1 Å². The lowest BCUT2D eigenvalue weighted by Crippen LogP contribution is -2.27. The minimum atomic E-state index is 0.168. The van der Waals surface area contributed by atoms with Gasteiger partial charge in [0, 0.05) is 30.1 Å². The standard InChI is InChI=1S/C14H16N2O/c1-10(16-8-4-7-14(16)17)12-9-15-13-6-3-2-5-11(12)13/h2-3,5-6,9-10,15H,4,7-8H2,1H3. The van der Waals surface area contributed by atoms with E-state index in [4.69, 9.17) is 0 Å². The molecule has 1 amide bonds. The number of hydrogen-bond donors (Lipinski definition) is 1. The molecule has 2 heterocycles. The second-order valence-electron chi connectivity index (χ2n) is 4.66. The van der Waals surface area contributed by atoms with Crippen molar-refractivity contribution in [1.82, 2.24) is 9.88 Å². The molecule has 0 spiro atoms. The molecular formula is C14H16N2O. The van der Waals surface area contributed by atoms with E-state index in [1.165, 1.54) is 10.9 Å². The highest BCUT2D eigenvalue weighted by atomic mass is 16.2. The quantitative estimate of drug-likeness (QED) is 0.843. The van der Waals surface area contributed by atoms with Crippen LogP contribution in [0.5, 0.6) is 0 Å². The normalized spacial score (nSPS) is 17.9. The Kier molecular flexibility index (Phi) is 2.39. The summed E-state index contributed by atoms with van der Waals surface area (Å²) in [5.74, 6) is 0.280. The number of carbonyl (C=O) groups is 1. The van der Waals surface area contributed by atoms with Crippen molar-refractivity contribution in [3.8, 4) is 0 Å². The van der Waals surface area contributed by atoms with Gasteiger partial charge in [-0.1, -0.05) is 18.2 Å². The zero-order chi connectivity index (χ0) is 11.8. The Morgan fingerprint density at radius 1 is 1.35 bits per heavy atom. The van der Waals surface area contributed by atoms with Crippen molar-refractivity contribution in [3.63, 3.8) is 0 Å². The maximum absolute atomic E-state index is 11.8. The number of fused-ring (bicyclic) bond motifs is 1. The largest absolute Gasteiger partial charge is 0.361 e. The van der Waals surface area contributed by atoms with E-state index in [1.807, 2.05) is 23.2 Å². The van der Waals surface area contributed by atoms with Gasteiger partial charge in [-0.05, 0) is 25.0 Å². The monoisotopic (exact) mass is 228 g/mol. The fraction of sp³-hybridized carbons (Fsp3) is 0.357. The molecule has 1 aromatic carbocycles. The van der Waals surface area contributed by atoms with E-state index in [-0.39, 0.29) is 11.9 Å². The van der Waals surface area contributed by atoms with E-state index < -0.39 is 0 Å². The van der Waals surface area contributed by atoms with E-state index in [2.05, 4.69) is 24.0 Å². The Labute approximate surface area is 100 Å². The number of rotatable bonds is 2. The summed E-state index contributed by atoms with van der Waals surface area (Å²) < 4.78 is 0. The van der Waals surface area contributed by atoms with Crippen molar-refractivity contribution in [2.75, 3.05) is 6.54 Å². The molecule has 0 aliphatic carbocycles. The van der Waals surface area contributed by atoms with Crippen molar-refractivity contribution in [1.29, 1.82) is 0 Å². The van der Waals surface area contributed by atoms with E-state index in [1.54, 1.807) is 0 Å². The predicted molar refractivity (Wildman–Crippen MR) is 67.7 cm³/mol. The zero-order valence-electron chi connectivity index (χ0n) is 9.94. The third-order valence-electron chi connectivity index (χ3n) is 3.65. The number of aromatic nitrogens is 1. The molecule has 1 aliphatic heterocycles. The van der Waals surface area contributed by atoms with Gasteiger partial charge in [0.05, 0.1) is 6.04 Å². The number of aromatic amines is 1. The highest BCUT2D eigenvalue weighted by Crippen LogP contribution is 2.30. The zero-order valence-corrected chi connectivity index (χ0v) is 9.94. The first-order valence-corrected chi connectivity index (χ1v) is 6.13. The highest BCUT2D eigenvalue weighted by molar-refractivity contribution is 5.85. The SMILES string of the molecule is CC(c1c[nH]c2ccccc12)N1CCCC1=O. The van der Waals surface area contributed by atoms with Crippen LogP contribution in [0.25, 0.3) is 10.9 Å². The van der Waals surface area contributed by atoms with Crippen molar-refractivity contribution >= 4 is 16.8 Å². The Bertz CT molecular complexity index is 558. The maximum Gasteiger partial charge on any atom is 0.223 e. The first-order valence-electron chi connectivity index (χ1n) is 6.13. The molecule has 0 saturated carbocycles. The molecule has 1 unspecified atom stereocenters. The van der Waals surface area contributed by atoms with Crippen molar-refractivity contribution < 1.29 is 4.79 Å². The van der Waals surface area contributed by atoms with Crippen LogP contribution in [0.1, 0.15) is 31.4 Å². The van der Waals surface area contributed by atoms with Crippen LogP contribution >= 0.6 is 0 Å². The van der Waals surface area contributed by atoms with E-state index >= 15 is 0 Å². The van der Waals surface area contributed by atoms with Gasteiger partial charge in [0.15, 0.2) is 0 Å².